The van der Waals surface area contributed by atoms with Gasteiger partial charge in [0.05, 0.1) is 33.9 Å². The average molecular weight is 398 g/mol. The molecule has 0 N–H and O–H groups in total. The second-order valence-electron chi connectivity index (χ2n) is 7.45. The molecule has 0 aromatic heterocycles. The molecule has 0 radical (unpaired) electrons. The zero-order chi connectivity index (χ0) is 20.1. The standard InChI is InChI=1S/C22H22O7/c1-24-15-8-17(26-3)16(25-2)7-14(15)21-13-6-19-18(28-10-29-19)5-11(13)4-12-9-27-22(23)20(12)21/h5-8,12,20-21H,4,9-10H2,1-3H3/t12-,20+,21-/m0/s1. The Bertz CT molecular complexity index is 984. The van der Waals surface area contributed by atoms with Crippen LogP contribution in [-0.2, 0) is 16.0 Å². The van der Waals surface area contributed by atoms with E-state index in [1.54, 1.807) is 27.4 Å². The number of cyclic esters (lactones) is 1. The number of benzene rings is 2. The highest BCUT2D eigenvalue weighted by molar-refractivity contribution is 5.79. The molecule has 7 nitrogen and oxygen atoms in total. The van der Waals surface area contributed by atoms with E-state index in [4.69, 9.17) is 28.4 Å². The average Bonchev–Trinajstić information content (AvgIpc) is 3.35. The maximum atomic E-state index is 12.7. The van der Waals surface area contributed by atoms with Crippen molar-refractivity contribution in [3.8, 4) is 28.7 Å². The minimum atomic E-state index is -0.296. The number of carbonyl (C=O) groups is 1. The lowest BCUT2D eigenvalue weighted by Gasteiger charge is -2.34. The molecule has 2 heterocycles. The van der Waals surface area contributed by atoms with Gasteiger partial charge in [-0.15, -0.1) is 0 Å². The van der Waals surface area contributed by atoms with Crippen molar-refractivity contribution < 1.29 is 33.2 Å². The molecule has 0 unspecified atom stereocenters. The quantitative estimate of drug-likeness (QED) is 0.733. The fourth-order valence-electron chi connectivity index (χ4n) is 4.77. The summed E-state index contributed by atoms with van der Waals surface area (Å²) in [7, 11) is 4.78. The van der Waals surface area contributed by atoms with Crippen molar-refractivity contribution in [1.29, 1.82) is 0 Å². The van der Waals surface area contributed by atoms with Crippen molar-refractivity contribution in [3.05, 3.63) is 41.0 Å². The van der Waals surface area contributed by atoms with Crippen LogP contribution in [-0.4, -0.2) is 40.7 Å². The Balaban J connectivity index is 1.73. The zero-order valence-electron chi connectivity index (χ0n) is 16.5. The maximum Gasteiger partial charge on any atom is 0.310 e. The van der Waals surface area contributed by atoms with Crippen LogP contribution in [0.1, 0.15) is 22.6 Å². The van der Waals surface area contributed by atoms with Crippen LogP contribution in [0.4, 0.5) is 0 Å². The van der Waals surface area contributed by atoms with Crippen molar-refractivity contribution in [2.75, 3.05) is 34.7 Å². The summed E-state index contributed by atoms with van der Waals surface area (Å²) >= 11 is 0. The minimum Gasteiger partial charge on any atom is -0.496 e. The first kappa shape index (κ1) is 18.0. The highest BCUT2D eigenvalue weighted by Crippen LogP contribution is 2.53. The van der Waals surface area contributed by atoms with Gasteiger partial charge in [-0.1, -0.05) is 0 Å². The third kappa shape index (κ3) is 2.68. The van der Waals surface area contributed by atoms with E-state index in [-0.39, 0.29) is 30.5 Å². The van der Waals surface area contributed by atoms with Gasteiger partial charge in [-0.25, -0.2) is 0 Å². The predicted molar refractivity (Wildman–Crippen MR) is 102 cm³/mol. The predicted octanol–water partition coefficient (Wildman–Crippen LogP) is 2.92. The molecule has 2 aliphatic heterocycles. The van der Waals surface area contributed by atoms with E-state index in [1.807, 2.05) is 18.2 Å². The third-order valence-corrected chi connectivity index (χ3v) is 6.10. The molecule has 1 saturated heterocycles. The Kier molecular flexibility index (Phi) is 4.19. The second kappa shape index (κ2) is 6.76. The van der Waals surface area contributed by atoms with E-state index in [0.717, 1.165) is 28.9 Å². The minimum absolute atomic E-state index is 0.0955. The van der Waals surface area contributed by atoms with E-state index in [1.165, 1.54) is 0 Å². The van der Waals surface area contributed by atoms with Crippen LogP contribution in [0.25, 0.3) is 0 Å². The van der Waals surface area contributed by atoms with E-state index in [0.29, 0.717) is 29.6 Å². The van der Waals surface area contributed by atoms with Crippen molar-refractivity contribution >= 4 is 5.97 Å². The Morgan fingerprint density at radius 2 is 1.52 bits per heavy atom. The molecule has 1 aliphatic carbocycles. The van der Waals surface area contributed by atoms with Crippen LogP contribution in [0, 0.1) is 11.8 Å². The van der Waals surface area contributed by atoms with Gasteiger partial charge >= 0.3 is 5.97 Å². The van der Waals surface area contributed by atoms with Gasteiger partial charge in [0, 0.05) is 23.5 Å². The Hall–Kier alpha value is -3.09. The van der Waals surface area contributed by atoms with Crippen LogP contribution in [0.5, 0.6) is 28.7 Å². The maximum absolute atomic E-state index is 12.7. The number of hydrogen-bond donors (Lipinski definition) is 0. The third-order valence-electron chi connectivity index (χ3n) is 6.10. The van der Waals surface area contributed by atoms with E-state index in [2.05, 4.69) is 0 Å². The molecular formula is C22H22O7. The first-order valence-electron chi connectivity index (χ1n) is 9.53. The summed E-state index contributed by atoms with van der Waals surface area (Å²) in [5.74, 6) is 2.59. The van der Waals surface area contributed by atoms with Crippen molar-refractivity contribution in [2.24, 2.45) is 11.8 Å². The molecule has 0 amide bonds. The molecule has 0 saturated carbocycles. The molecule has 0 spiro atoms. The molecule has 5 rings (SSSR count). The smallest absolute Gasteiger partial charge is 0.310 e. The molecule has 152 valence electrons. The molecule has 1 fully saturated rings. The highest BCUT2D eigenvalue weighted by atomic mass is 16.7. The molecule has 0 bridgehead atoms. The fraction of sp³-hybridized carbons (Fsp3) is 0.409. The molecule has 3 aliphatic rings. The lowest BCUT2D eigenvalue weighted by molar-refractivity contribution is -0.141. The number of rotatable bonds is 4. The molecular weight excluding hydrogens is 376 g/mol. The lowest BCUT2D eigenvalue weighted by Crippen LogP contribution is -2.31. The topological polar surface area (TPSA) is 72.5 Å². The SMILES string of the molecule is COc1cc(OC)c([C@@H]2c3cc4c(cc3C[C@H]3COC(=O)[C@H]32)OCO4)cc1OC. The summed E-state index contributed by atoms with van der Waals surface area (Å²) in [6.45, 7) is 0.626. The normalized spacial score (nSPS) is 23.8. The summed E-state index contributed by atoms with van der Waals surface area (Å²) in [5, 5.41) is 0. The number of esters is 1. The van der Waals surface area contributed by atoms with Crippen molar-refractivity contribution in [1.82, 2.24) is 0 Å². The van der Waals surface area contributed by atoms with Gasteiger partial charge in [-0.3, -0.25) is 4.79 Å². The molecule has 2 aromatic carbocycles. The number of hydrogen-bond acceptors (Lipinski definition) is 7. The number of ether oxygens (including phenoxy) is 6. The van der Waals surface area contributed by atoms with Gasteiger partial charge in [-0.05, 0) is 35.7 Å². The van der Waals surface area contributed by atoms with Crippen LogP contribution >= 0.6 is 0 Å². The molecule has 2 aromatic rings. The molecule has 3 atom stereocenters. The van der Waals surface area contributed by atoms with E-state index in [9.17, 15) is 4.79 Å². The number of carbonyl (C=O) groups excluding carboxylic acids is 1. The second-order valence-corrected chi connectivity index (χ2v) is 7.45. The Morgan fingerprint density at radius 1 is 0.828 bits per heavy atom. The van der Waals surface area contributed by atoms with Crippen LogP contribution in [0.2, 0.25) is 0 Å². The van der Waals surface area contributed by atoms with E-state index >= 15 is 0 Å². The highest BCUT2D eigenvalue weighted by Gasteiger charge is 2.49. The van der Waals surface area contributed by atoms with Gasteiger partial charge in [-0.2, -0.15) is 0 Å². The lowest BCUT2D eigenvalue weighted by atomic mass is 9.67. The zero-order valence-corrected chi connectivity index (χ0v) is 16.5. The monoisotopic (exact) mass is 398 g/mol. The van der Waals surface area contributed by atoms with Gasteiger partial charge < -0.3 is 28.4 Å². The number of fused-ring (bicyclic) bond motifs is 3. The van der Waals surface area contributed by atoms with Crippen LogP contribution < -0.4 is 23.7 Å². The first-order chi connectivity index (χ1) is 14.1. The van der Waals surface area contributed by atoms with Crippen molar-refractivity contribution in [3.63, 3.8) is 0 Å². The molecule has 7 heteroatoms. The van der Waals surface area contributed by atoms with Gasteiger partial charge in [0.25, 0.3) is 0 Å². The fourth-order valence-corrected chi connectivity index (χ4v) is 4.77. The van der Waals surface area contributed by atoms with Gasteiger partial charge in [0.1, 0.15) is 5.75 Å². The van der Waals surface area contributed by atoms with Crippen LogP contribution in [0.3, 0.4) is 0 Å². The first-order valence-corrected chi connectivity index (χ1v) is 9.53. The summed E-state index contributed by atoms with van der Waals surface area (Å²) in [6, 6.07) is 7.70. The van der Waals surface area contributed by atoms with E-state index < -0.39 is 0 Å². The largest absolute Gasteiger partial charge is 0.496 e. The summed E-state index contributed by atoms with van der Waals surface area (Å²) < 4.78 is 33.3. The summed E-state index contributed by atoms with van der Waals surface area (Å²) in [4.78, 5) is 12.7. The Morgan fingerprint density at radius 3 is 2.24 bits per heavy atom. The van der Waals surface area contributed by atoms with Gasteiger partial charge in [0.2, 0.25) is 6.79 Å². The van der Waals surface area contributed by atoms with Crippen LogP contribution in [0.15, 0.2) is 24.3 Å². The summed E-state index contributed by atoms with van der Waals surface area (Å²) in [6.07, 6.45) is 0.758. The Labute approximate surface area is 168 Å². The number of methoxy groups -OCH3 is 3. The summed E-state index contributed by atoms with van der Waals surface area (Å²) in [5.41, 5.74) is 3.02. The molecule has 29 heavy (non-hydrogen) atoms. The van der Waals surface area contributed by atoms with Gasteiger partial charge in [0.15, 0.2) is 23.0 Å². The van der Waals surface area contributed by atoms with Crippen molar-refractivity contribution in [2.45, 2.75) is 12.3 Å².